The van der Waals surface area contributed by atoms with Crippen LogP contribution in [0.25, 0.3) is 11.1 Å². The molecule has 0 bridgehead atoms. The van der Waals surface area contributed by atoms with Gasteiger partial charge in [0, 0.05) is 11.8 Å². The van der Waals surface area contributed by atoms with Crippen molar-refractivity contribution in [2.24, 2.45) is 0 Å². The lowest BCUT2D eigenvalue weighted by atomic mass is 10.1. The van der Waals surface area contributed by atoms with Gasteiger partial charge in [0.2, 0.25) is 0 Å². The van der Waals surface area contributed by atoms with E-state index in [4.69, 9.17) is 5.11 Å². The van der Waals surface area contributed by atoms with Crippen molar-refractivity contribution in [3.63, 3.8) is 0 Å². The molecular formula is C13H11F3N2O2. The summed E-state index contributed by atoms with van der Waals surface area (Å²) in [5.74, 6) is -0.934. The van der Waals surface area contributed by atoms with Gasteiger partial charge in [-0.15, -0.1) is 0 Å². The smallest absolute Gasteiger partial charge is 0.416 e. The first kappa shape index (κ1) is 14.1. The van der Waals surface area contributed by atoms with Crippen LogP contribution in [0, 0.1) is 0 Å². The van der Waals surface area contributed by atoms with E-state index in [2.05, 4.69) is 5.10 Å². The summed E-state index contributed by atoms with van der Waals surface area (Å²) < 4.78 is 38.7. The Balaban J connectivity index is 2.14. The number of carboxylic acids is 1. The number of hydrogen-bond acceptors (Lipinski definition) is 2. The van der Waals surface area contributed by atoms with Gasteiger partial charge < -0.3 is 5.11 Å². The summed E-state index contributed by atoms with van der Waals surface area (Å²) in [6.45, 7) is 0.218. The molecule has 7 heteroatoms. The molecule has 1 aromatic heterocycles. The van der Waals surface area contributed by atoms with Crippen LogP contribution in [0.2, 0.25) is 0 Å². The van der Waals surface area contributed by atoms with Gasteiger partial charge in [0.1, 0.15) is 0 Å². The summed E-state index contributed by atoms with van der Waals surface area (Å²) in [5.41, 5.74) is 0.531. The van der Waals surface area contributed by atoms with E-state index in [9.17, 15) is 18.0 Å². The predicted octanol–water partition coefficient (Wildman–Crippen LogP) is 3.04. The molecule has 0 amide bonds. The lowest BCUT2D eigenvalue weighted by molar-refractivity contribution is -0.138. The van der Waals surface area contributed by atoms with Crippen molar-refractivity contribution in [2.75, 3.05) is 0 Å². The van der Waals surface area contributed by atoms with Gasteiger partial charge in [0.15, 0.2) is 0 Å². The maximum Gasteiger partial charge on any atom is 0.416 e. The number of carboxylic acid groups (broad SMARTS) is 1. The maximum atomic E-state index is 12.4. The third kappa shape index (κ3) is 3.37. The van der Waals surface area contributed by atoms with Gasteiger partial charge in [0.25, 0.3) is 0 Å². The molecule has 2 rings (SSSR count). The van der Waals surface area contributed by atoms with Gasteiger partial charge in [-0.1, -0.05) is 12.1 Å². The molecule has 0 radical (unpaired) electrons. The van der Waals surface area contributed by atoms with Crippen LogP contribution in [0.3, 0.4) is 0 Å². The fourth-order valence-corrected chi connectivity index (χ4v) is 1.70. The zero-order valence-electron chi connectivity index (χ0n) is 10.3. The molecule has 0 aliphatic carbocycles. The monoisotopic (exact) mass is 284 g/mol. The third-order valence-electron chi connectivity index (χ3n) is 2.73. The first-order chi connectivity index (χ1) is 9.36. The Kier molecular flexibility index (Phi) is 3.78. The Hall–Kier alpha value is -2.31. The number of aliphatic carboxylic acids is 1. The Bertz CT molecular complexity index is 603. The van der Waals surface area contributed by atoms with E-state index in [1.807, 2.05) is 0 Å². The van der Waals surface area contributed by atoms with Crippen LogP contribution >= 0.6 is 0 Å². The average molecular weight is 284 g/mol. The number of hydrogen-bond donors (Lipinski definition) is 1. The van der Waals surface area contributed by atoms with Gasteiger partial charge in [-0.25, -0.2) is 0 Å². The van der Waals surface area contributed by atoms with Crippen LogP contribution in [0.1, 0.15) is 12.0 Å². The van der Waals surface area contributed by atoms with Crippen LogP contribution in [0.15, 0.2) is 36.7 Å². The summed E-state index contributed by atoms with van der Waals surface area (Å²) in [6.07, 6.45) is -1.33. The number of alkyl halides is 3. The van der Waals surface area contributed by atoms with E-state index < -0.39 is 17.7 Å². The molecule has 0 fully saturated rings. The van der Waals surface area contributed by atoms with Gasteiger partial charge in [0.05, 0.1) is 24.7 Å². The Morgan fingerprint density at radius 1 is 1.20 bits per heavy atom. The van der Waals surface area contributed by atoms with Crippen molar-refractivity contribution in [3.8, 4) is 11.1 Å². The molecule has 0 unspecified atom stereocenters. The molecule has 106 valence electrons. The number of carbonyl (C=O) groups is 1. The minimum Gasteiger partial charge on any atom is -0.481 e. The highest BCUT2D eigenvalue weighted by atomic mass is 19.4. The van der Waals surface area contributed by atoms with Gasteiger partial charge in [-0.3, -0.25) is 9.48 Å². The van der Waals surface area contributed by atoms with Gasteiger partial charge >= 0.3 is 12.1 Å². The molecule has 1 heterocycles. The van der Waals surface area contributed by atoms with E-state index in [1.165, 1.54) is 23.0 Å². The van der Waals surface area contributed by atoms with Gasteiger partial charge in [-0.2, -0.15) is 18.3 Å². The van der Waals surface area contributed by atoms with Crippen LogP contribution in [0.5, 0.6) is 0 Å². The highest BCUT2D eigenvalue weighted by Gasteiger charge is 2.29. The quantitative estimate of drug-likeness (QED) is 0.938. The Labute approximate surface area is 112 Å². The van der Waals surface area contributed by atoms with Crippen molar-refractivity contribution >= 4 is 5.97 Å². The molecular weight excluding hydrogens is 273 g/mol. The normalized spacial score (nSPS) is 11.6. The van der Waals surface area contributed by atoms with Crippen molar-refractivity contribution in [3.05, 3.63) is 42.2 Å². The topological polar surface area (TPSA) is 55.1 Å². The van der Waals surface area contributed by atoms with Crippen molar-refractivity contribution in [1.29, 1.82) is 0 Å². The largest absolute Gasteiger partial charge is 0.481 e. The minimum absolute atomic E-state index is 0.0614. The molecule has 0 spiro atoms. The second kappa shape index (κ2) is 5.36. The van der Waals surface area contributed by atoms with Gasteiger partial charge in [-0.05, 0) is 17.7 Å². The summed E-state index contributed by atoms with van der Waals surface area (Å²) in [7, 11) is 0. The molecule has 1 N–H and O–H groups in total. The number of aromatic nitrogens is 2. The SMILES string of the molecule is O=C(O)CCn1cc(-c2ccc(C(F)(F)F)cc2)cn1. The molecule has 4 nitrogen and oxygen atoms in total. The molecule has 2 aromatic rings. The molecule has 1 aromatic carbocycles. The number of benzene rings is 1. The Morgan fingerprint density at radius 2 is 1.85 bits per heavy atom. The number of rotatable bonds is 4. The van der Waals surface area contributed by atoms with Crippen LogP contribution in [-0.2, 0) is 17.5 Å². The fourth-order valence-electron chi connectivity index (χ4n) is 1.70. The van der Waals surface area contributed by atoms with Crippen molar-refractivity contribution < 1.29 is 23.1 Å². The van der Waals surface area contributed by atoms with E-state index in [-0.39, 0.29) is 13.0 Å². The lowest BCUT2D eigenvalue weighted by Gasteiger charge is -2.06. The lowest BCUT2D eigenvalue weighted by Crippen LogP contribution is -2.04. The number of nitrogens with zero attached hydrogens (tertiary/aromatic N) is 2. The summed E-state index contributed by atoms with van der Waals surface area (Å²) in [5, 5.41) is 12.5. The highest BCUT2D eigenvalue weighted by molar-refractivity contribution is 5.66. The van der Waals surface area contributed by atoms with Crippen LogP contribution in [-0.4, -0.2) is 20.9 Å². The maximum absolute atomic E-state index is 12.4. The fraction of sp³-hybridized carbons (Fsp3) is 0.231. The summed E-state index contributed by atoms with van der Waals surface area (Å²) >= 11 is 0. The van der Waals surface area contributed by atoms with Crippen molar-refractivity contribution in [2.45, 2.75) is 19.1 Å². The predicted molar refractivity (Wildman–Crippen MR) is 64.9 cm³/mol. The van der Waals surface area contributed by atoms with E-state index in [1.54, 1.807) is 6.20 Å². The van der Waals surface area contributed by atoms with Crippen molar-refractivity contribution in [1.82, 2.24) is 9.78 Å². The zero-order chi connectivity index (χ0) is 14.8. The average Bonchev–Trinajstić information content (AvgIpc) is 2.84. The summed E-state index contributed by atoms with van der Waals surface area (Å²) in [4.78, 5) is 10.4. The zero-order valence-corrected chi connectivity index (χ0v) is 10.3. The number of aryl methyl sites for hydroxylation is 1. The molecule has 0 saturated carbocycles. The second-order valence-corrected chi connectivity index (χ2v) is 4.21. The first-order valence-corrected chi connectivity index (χ1v) is 5.78. The third-order valence-corrected chi connectivity index (χ3v) is 2.73. The van der Waals surface area contributed by atoms with Crippen LogP contribution in [0.4, 0.5) is 13.2 Å². The van der Waals surface area contributed by atoms with E-state index in [0.29, 0.717) is 11.1 Å². The molecule has 0 aliphatic heterocycles. The standard InChI is InChI=1S/C13H11F3N2O2/c14-13(15,16)11-3-1-9(2-4-11)10-7-17-18(8-10)6-5-12(19)20/h1-4,7-8H,5-6H2,(H,19,20). The molecule has 0 atom stereocenters. The second-order valence-electron chi connectivity index (χ2n) is 4.21. The van der Waals surface area contributed by atoms with E-state index >= 15 is 0 Å². The minimum atomic E-state index is -4.36. The first-order valence-electron chi connectivity index (χ1n) is 5.78. The molecule has 0 aliphatic rings. The van der Waals surface area contributed by atoms with E-state index in [0.717, 1.165) is 12.1 Å². The van der Waals surface area contributed by atoms with Crippen LogP contribution < -0.4 is 0 Å². The summed E-state index contributed by atoms with van der Waals surface area (Å²) in [6, 6.07) is 4.73. The Morgan fingerprint density at radius 3 is 2.40 bits per heavy atom. The number of halogens is 3. The molecule has 20 heavy (non-hydrogen) atoms. The highest BCUT2D eigenvalue weighted by Crippen LogP contribution is 2.30. The molecule has 0 saturated heterocycles.